The van der Waals surface area contributed by atoms with E-state index in [1.54, 1.807) is 6.92 Å². The highest BCUT2D eigenvalue weighted by Gasteiger charge is 2.18. The first-order valence-corrected chi connectivity index (χ1v) is 6.73. The van der Waals surface area contributed by atoms with Crippen LogP contribution in [0.15, 0.2) is 24.3 Å². The molecule has 0 fully saturated rings. The predicted octanol–water partition coefficient (Wildman–Crippen LogP) is 2.64. The third-order valence-electron chi connectivity index (χ3n) is 2.87. The maximum atomic E-state index is 11.0. The number of carboxylic acid groups (broad SMARTS) is 1. The molecular weight excluding hydrogens is 254 g/mol. The predicted molar refractivity (Wildman–Crippen MR) is 80.1 cm³/mol. The number of benzene rings is 1. The Labute approximate surface area is 120 Å². The molecule has 1 atom stereocenters. The van der Waals surface area contributed by atoms with E-state index in [-0.39, 0.29) is 0 Å². The van der Waals surface area contributed by atoms with Crippen LogP contribution < -0.4 is 9.64 Å². The number of carbonyl (C=O) groups is 1. The fourth-order valence-corrected chi connectivity index (χ4v) is 1.82. The van der Waals surface area contributed by atoms with Crippen LogP contribution >= 0.6 is 0 Å². The Balaban J connectivity index is 2.96. The number of terminal acetylenes is 1. The Kier molecular flexibility index (Phi) is 6.45. The van der Waals surface area contributed by atoms with Crippen LogP contribution in [-0.2, 0) is 4.79 Å². The summed E-state index contributed by atoms with van der Waals surface area (Å²) < 4.78 is 5.70. The van der Waals surface area contributed by atoms with Gasteiger partial charge in [0.15, 0.2) is 0 Å². The molecule has 0 heterocycles. The van der Waals surface area contributed by atoms with Crippen LogP contribution in [0, 0.1) is 18.3 Å². The molecule has 1 N–H and O–H groups in total. The van der Waals surface area contributed by atoms with E-state index in [0.717, 1.165) is 17.9 Å². The number of aliphatic carboxylic acids is 1. The molecule has 0 amide bonds. The van der Waals surface area contributed by atoms with Crippen molar-refractivity contribution in [3.63, 3.8) is 0 Å². The smallest absolute Gasteiger partial charge is 0.308 e. The summed E-state index contributed by atoms with van der Waals surface area (Å²) in [7, 11) is 0. The van der Waals surface area contributed by atoms with Crippen LogP contribution in [-0.4, -0.2) is 30.8 Å². The highest BCUT2D eigenvalue weighted by atomic mass is 16.5. The first-order chi connectivity index (χ1) is 9.60. The van der Waals surface area contributed by atoms with Gasteiger partial charge in [-0.2, -0.15) is 0 Å². The highest BCUT2D eigenvalue weighted by molar-refractivity contribution is 5.71. The average molecular weight is 275 g/mol. The molecule has 4 nitrogen and oxygen atoms in total. The van der Waals surface area contributed by atoms with Gasteiger partial charge in [0.25, 0.3) is 0 Å². The number of nitrogens with zero attached hydrogens (tertiary/aromatic N) is 1. The SMILES string of the molecule is C#CCN(CC(C)C(=O)O)c1ccccc1OCCC. The van der Waals surface area contributed by atoms with Crippen LogP contribution in [0.3, 0.4) is 0 Å². The lowest BCUT2D eigenvalue weighted by Crippen LogP contribution is -2.32. The molecule has 108 valence electrons. The molecular formula is C16H21NO3. The zero-order valence-corrected chi connectivity index (χ0v) is 12.0. The Hall–Kier alpha value is -2.15. The summed E-state index contributed by atoms with van der Waals surface area (Å²) in [5.74, 6) is 1.98. The van der Waals surface area contributed by atoms with Gasteiger partial charge in [-0.05, 0) is 18.6 Å². The van der Waals surface area contributed by atoms with Crippen molar-refractivity contribution in [1.29, 1.82) is 0 Å². The third kappa shape index (κ3) is 4.51. The van der Waals surface area contributed by atoms with Gasteiger partial charge in [0, 0.05) is 6.54 Å². The highest BCUT2D eigenvalue weighted by Crippen LogP contribution is 2.28. The van der Waals surface area contributed by atoms with Gasteiger partial charge in [0.1, 0.15) is 5.75 Å². The van der Waals surface area contributed by atoms with Gasteiger partial charge in [0.05, 0.1) is 24.8 Å². The minimum atomic E-state index is -0.834. The monoisotopic (exact) mass is 275 g/mol. The second-order valence-electron chi connectivity index (χ2n) is 4.64. The van der Waals surface area contributed by atoms with E-state index < -0.39 is 11.9 Å². The fourth-order valence-electron chi connectivity index (χ4n) is 1.82. The first-order valence-electron chi connectivity index (χ1n) is 6.73. The normalized spacial score (nSPS) is 11.4. The lowest BCUT2D eigenvalue weighted by molar-refractivity contribution is -0.140. The molecule has 1 aromatic carbocycles. The minimum Gasteiger partial charge on any atom is -0.491 e. The summed E-state index contributed by atoms with van der Waals surface area (Å²) in [6.45, 7) is 5.03. The summed E-state index contributed by atoms with van der Waals surface area (Å²) in [6.07, 6.45) is 6.30. The van der Waals surface area contributed by atoms with Crippen molar-refractivity contribution in [2.75, 3.05) is 24.6 Å². The van der Waals surface area contributed by atoms with E-state index in [1.807, 2.05) is 36.1 Å². The molecule has 0 saturated heterocycles. The number of para-hydroxylation sites is 2. The molecule has 0 spiro atoms. The minimum absolute atomic E-state index is 0.351. The molecule has 0 aliphatic carbocycles. The van der Waals surface area contributed by atoms with Gasteiger partial charge in [-0.3, -0.25) is 4.79 Å². The van der Waals surface area contributed by atoms with E-state index in [2.05, 4.69) is 5.92 Å². The van der Waals surface area contributed by atoms with E-state index in [0.29, 0.717) is 19.7 Å². The molecule has 1 rings (SSSR count). The molecule has 1 aromatic rings. The number of hydrogen-bond donors (Lipinski definition) is 1. The Bertz CT molecular complexity index is 479. The molecule has 0 bridgehead atoms. The summed E-state index contributed by atoms with van der Waals surface area (Å²) in [5, 5.41) is 9.05. The van der Waals surface area contributed by atoms with Gasteiger partial charge in [0.2, 0.25) is 0 Å². The third-order valence-corrected chi connectivity index (χ3v) is 2.87. The second-order valence-corrected chi connectivity index (χ2v) is 4.64. The van der Waals surface area contributed by atoms with Gasteiger partial charge in [-0.1, -0.05) is 31.9 Å². The molecule has 0 aromatic heterocycles. The van der Waals surface area contributed by atoms with Crippen molar-refractivity contribution in [3.05, 3.63) is 24.3 Å². The van der Waals surface area contributed by atoms with Crippen molar-refractivity contribution >= 4 is 11.7 Å². The van der Waals surface area contributed by atoms with Gasteiger partial charge in [-0.25, -0.2) is 0 Å². The van der Waals surface area contributed by atoms with E-state index in [9.17, 15) is 4.79 Å². The van der Waals surface area contributed by atoms with Crippen molar-refractivity contribution in [2.45, 2.75) is 20.3 Å². The number of ether oxygens (including phenoxy) is 1. The maximum Gasteiger partial charge on any atom is 0.308 e. The van der Waals surface area contributed by atoms with Crippen molar-refractivity contribution in [1.82, 2.24) is 0 Å². The molecule has 0 saturated carbocycles. The average Bonchev–Trinajstić information content (AvgIpc) is 2.44. The number of anilines is 1. The number of hydrogen-bond acceptors (Lipinski definition) is 3. The van der Waals surface area contributed by atoms with Crippen LogP contribution in [0.5, 0.6) is 5.75 Å². The van der Waals surface area contributed by atoms with Gasteiger partial charge in [-0.15, -0.1) is 6.42 Å². The van der Waals surface area contributed by atoms with Gasteiger partial charge < -0.3 is 14.7 Å². The molecule has 0 radical (unpaired) electrons. The van der Waals surface area contributed by atoms with Crippen LogP contribution in [0.25, 0.3) is 0 Å². The van der Waals surface area contributed by atoms with E-state index in [1.165, 1.54) is 0 Å². The molecule has 4 heteroatoms. The lowest BCUT2D eigenvalue weighted by atomic mass is 10.1. The molecule has 0 aliphatic heterocycles. The lowest BCUT2D eigenvalue weighted by Gasteiger charge is -2.26. The zero-order chi connectivity index (χ0) is 15.0. The summed E-state index contributed by atoms with van der Waals surface area (Å²) in [4.78, 5) is 12.9. The quantitative estimate of drug-likeness (QED) is 0.741. The van der Waals surface area contributed by atoms with Crippen LogP contribution in [0.1, 0.15) is 20.3 Å². The van der Waals surface area contributed by atoms with Crippen molar-refractivity contribution in [2.24, 2.45) is 5.92 Å². The Morgan fingerprint density at radius 3 is 2.80 bits per heavy atom. The fraction of sp³-hybridized carbons (Fsp3) is 0.438. The van der Waals surface area contributed by atoms with Crippen LogP contribution in [0.4, 0.5) is 5.69 Å². The van der Waals surface area contributed by atoms with E-state index in [4.69, 9.17) is 16.3 Å². The molecule has 0 aliphatic rings. The zero-order valence-electron chi connectivity index (χ0n) is 12.0. The summed E-state index contributed by atoms with van der Waals surface area (Å²) in [6, 6.07) is 7.56. The summed E-state index contributed by atoms with van der Waals surface area (Å²) >= 11 is 0. The largest absolute Gasteiger partial charge is 0.491 e. The number of carboxylic acids is 1. The summed E-state index contributed by atoms with van der Waals surface area (Å²) in [5.41, 5.74) is 0.840. The Morgan fingerprint density at radius 1 is 1.50 bits per heavy atom. The van der Waals surface area contributed by atoms with Gasteiger partial charge >= 0.3 is 5.97 Å². The second kappa shape index (κ2) is 8.11. The number of rotatable bonds is 8. The van der Waals surface area contributed by atoms with Crippen molar-refractivity contribution < 1.29 is 14.6 Å². The topological polar surface area (TPSA) is 49.8 Å². The van der Waals surface area contributed by atoms with E-state index >= 15 is 0 Å². The van der Waals surface area contributed by atoms with Crippen LogP contribution in [0.2, 0.25) is 0 Å². The molecule has 20 heavy (non-hydrogen) atoms. The Morgan fingerprint density at radius 2 is 2.20 bits per heavy atom. The maximum absolute atomic E-state index is 11.0. The molecule has 1 unspecified atom stereocenters. The standard InChI is InChI=1S/C16H21NO3/c1-4-10-17(12-13(3)16(18)19)14-8-6-7-9-15(14)20-11-5-2/h1,6-9,13H,5,10-12H2,2-3H3,(H,18,19). The first kappa shape index (κ1) is 15.9. The van der Waals surface area contributed by atoms with Crippen molar-refractivity contribution in [3.8, 4) is 18.1 Å².